The van der Waals surface area contributed by atoms with Gasteiger partial charge in [0.1, 0.15) is 0 Å². The summed E-state index contributed by atoms with van der Waals surface area (Å²) in [4.78, 5) is 4.44. The molecule has 10 heavy (non-hydrogen) atoms. The van der Waals surface area contributed by atoms with Gasteiger partial charge in [0.05, 0.1) is 0 Å². The van der Waals surface area contributed by atoms with Gasteiger partial charge in [-0.2, -0.15) is 0 Å². The van der Waals surface area contributed by atoms with Gasteiger partial charge in [0.15, 0.2) is 0 Å². The molecular formula is C8H15IN-. The van der Waals surface area contributed by atoms with Crippen molar-refractivity contribution in [3.8, 4) is 0 Å². The van der Waals surface area contributed by atoms with Crippen molar-refractivity contribution >= 4 is 0 Å². The van der Waals surface area contributed by atoms with E-state index in [2.05, 4.69) is 42.5 Å². The molecular weight excluding hydrogens is 237 g/mol. The summed E-state index contributed by atoms with van der Waals surface area (Å²) in [6.45, 7) is 5.78. The van der Waals surface area contributed by atoms with Crippen LogP contribution < -0.4 is 21.2 Å². The van der Waals surface area contributed by atoms with Crippen LogP contribution in [0.4, 0.5) is 0 Å². The number of hydrogen-bond acceptors (Lipinski definition) is 1. The van der Waals surface area contributed by atoms with Crippen molar-refractivity contribution in [1.82, 2.24) is 4.90 Å². The number of halogens is 1. The summed E-state index contributed by atoms with van der Waals surface area (Å²) in [5.74, 6) is 0. The second kappa shape index (κ2) is 5.77. The fraction of sp³-hybridized carbons (Fsp3) is 0.500. The summed E-state index contributed by atoms with van der Waals surface area (Å²) in [6, 6.07) is 0. The number of hydrogen-bond donors (Lipinski definition) is 0. The summed E-state index contributed by atoms with van der Waals surface area (Å²) in [5.41, 5.74) is 0. The zero-order chi connectivity index (χ0) is 7.98. The molecule has 0 heterocycles. The molecule has 0 aromatic carbocycles. The SMILES string of the molecule is C=CN(C)C(/C=C/C)[I-]C. The second-order valence-electron chi connectivity index (χ2n) is 1.96. The Balaban J connectivity index is 3.91. The molecule has 0 aliphatic carbocycles. The summed E-state index contributed by atoms with van der Waals surface area (Å²) < 4.78 is 0.626. The number of alkyl halides is 2. The van der Waals surface area contributed by atoms with Crippen LogP contribution in [0.5, 0.6) is 0 Å². The van der Waals surface area contributed by atoms with Crippen LogP contribution in [0.25, 0.3) is 0 Å². The predicted octanol–water partition coefficient (Wildman–Crippen LogP) is -1.32. The van der Waals surface area contributed by atoms with E-state index in [1.165, 1.54) is 0 Å². The van der Waals surface area contributed by atoms with Crippen LogP contribution in [0.1, 0.15) is 6.92 Å². The number of rotatable bonds is 4. The van der Waals surface area contributed by atoms with E-state index in [0.717, 1.165) is 0 Å². The van der Waals surface area contributed by atoms with Gasteiger partial charge in [-0.3, -0.25) is 0 Å². The summed E-state index contributed by atoms with van der Waals surface area (Å²) in [5, 5.41) is 0. The molecule has 0 saturated carbocycles. The molecule has 0 fully saturated rings. The fourth-order valence-corrected chi connectivity index (χ4v) is 2.56. The van der Waals surface area contributed by atoms with Gasteiger partial charge in [-0.25, -0.2) is 0 Å². The molecule has 60 valence electrons. The van der Waals surface area contributed by atoms with E-state index in [-0.39, 0.29) is 21.2 Å². The van der Waals surface area contributed by atoms with Crippen molar-refractivity contribution in [1.29, 1.82) is 0 Å². The maximum absolute atomic E-state index is 3.72. The molecule has 0 radical (unpaired) electrons. The minimum absolute atomic E-state index is 0.256. The number of nitrogens with zero attached hydrogens (tertiary/aromatic N) is 1. The first-order valence-electron chi connectivity index (χ1n) is 3.21. The molecule has 0 aliphatic rings. The van der Waals surface area contributed by atoms with Crippen molar-refractivity contribution in [3.63, 3.8) is 0 Å². The molecule has 0 rings (SSSR count). The standard InChI is InChI=1S/C8H15IN/c1-5-7-8(9-3)10(4)6-2/h5-8H,2H2,1,3-4H3/q-1/b7-5+. The number of allylic oxidation sites excluding steroid dienone is 1. The van der Waals surface area contributed by atoms with Gasteiger partial charge in [0, 0.05) is 0 Å². The molecule has 0 aliphatic heterocycles. The van der Waals surface area contributed by atoms with E-state index < -0.39 is 0 Å². The first kappa shape index (κ1) is 10.0. The Labute approximate surface area is 74.1 Å². The summed E-state index contributed by atoms with van der Waals surface area (Å²) >= 11 is 0.256. The molecule has 1 atom stereocenters. The van der Waals surface area contributed by atoms with Gasteiger partial charge >= 0.3 is 74.0 Å². The molecule has 0 N–H and O–H groups in total. The minimum atomic E-state index is 0.256. The van der Waals surface area contributed by atoms with Crippen molar-refractivity contribution < 1.29 is 21.2 Å². The van der Waals surface area contributed by atoms with E-state index >= 15 is 0 Å². The Morgan fingerprint density at radius 3 is 2.50 bits per heavy atom. The molecule has 1 nitrogen and oxygen atoms in total. The first-order chi connectivity index (χ1) is 4.76. The van der Waals surface area contributed by atoms with E-state index in [0.29, 0.717) is 4.05 Å². The maximum atomic E-state index is 3.72. The molecule has 0 aromatic rings. The fourth-order valence-electron chi connectivity index (χ4n) is 0.622. The van der Waals surface area contributed by atoms with Crippen LogP contribution in [0.15, 0.2) is 24.9 Å². The Bertz CT molecular complexity index is 120. The predicted molar refractivity (Wildman–Crippen MR) is 42.5 cm³/mol. The Kier molecular flexibility index (Phi) is 5.78. The average molecular weight is 252 g/mol. The van der Waals surface area contributed by atoms with Gasteiger partial charge in [-0.05, 0) is 0 Å². The molecule has 0 aromatic heterocycles. The van der Waals surface area contributed by atoms with Crippen LogP contribution in [0.2, 0.25) is 0 Å². The van der Waals surface area contributed by atoms with Crippen molar-refractivity contribution in [3.05, 3.63) is 24.9 Å². The topological polar surface area (TPSA) is 3.24 Å². The van der Waals surface area contributed by atoms with Gasteiger partial charge in [-0.15, -0.1) is 0 Å². The average Bonchev–Trinajstić information content (AvgIpc) is 1.99. The van der Waals surface area contributed by atoms with Crippen LogP contribution in [-0.2, 0) is 0 Å². The molecule has 0 spiro atoms. The normalized spacial score (nSPS) is 13.9. The molecule has 0 saturated heterocycles. The van der Waals surface area contributed by atoms with Crippen LogP contribution in [0, 0.1) is 0 Å². The van der Waals surface area contributed by atoms with Crippen molar-refractivity contribution in [2.24, 2.45) is 0 Å². The number of likely N-dealkylation sites (N-methyl/N-ethyl adjacent to an activating group) is 1. The molecule has 1 unspecified atom stereocenters. The summed E-state index contributed by atoms with van der Waals surface area (Å²) in [7, 11) is 2.07. The summed E-state index contributed by atoms with van der Waals surface area (Å²) in [6.07, 6.45) is 6.22. The third kappa shape index (κ3) is 3.25. The van der Waals surface area contributed by atoms with E-state index in [4.69, 9.17) is 0 Å². The van der Waals surface area contributed by atoms with Gasteiger partial charge in [-0.1, -0.05) is 0 Å². The van der Waals surface area contributed by atoms with E-state index in [9.17, 15) is 0 Å². The first-order valence-corrected chi connectivity index (χ1v) is 6.62. The third-order valence-electron chi connectivity index (χ3n) is 1.25. The second-order valence-corrected chi connectivity index (χ2v) is 4.49. The Morgan fingerprint density at radius 1 is 1.60 bits per heavy atom. The van der Waals surface area contributed by atoms with Crippen LogP contribution in [0.3, 0.4) is 0 Å². The van der Waals surface area contributed by atoms with Gasteiger partial charge < -0.3 is 0 Å². The molecule has 0 amide bonds. The molecule has 2 heteroatoms. The van der Waals surface area contributed by atoms with Gasteiger partial charge in [0.25, 0.3) is 0 Å². The van der Waals surface area contributed by atoms with Crippen LogP contribution >= 0.6 is 0 Å². The van der Waals surface area contributed by atoms with Crippen molar-refractivity contribution in [2.75, 3.05) is 12.0 Å². The third-order valence-corrected chi connectivity index (χ3v) is 3.82. The van der Waals surface area contributed by atoms with Gasteiger partial charge in [0.2, 0.25) is 0 Å². The van der Waals surface area contributed by atoms with E-state index in [1.54, 1.807) is 0 Å². The van der Waals surface area contributed by atoms with E-state index in [1.807, 2.05) is 6.20 Å². The Hall–Kier alpha value is 0.01000. The quantitative estimate of drug-likeness (QED) is 0.260. The zero-order valence-electron chi connectivity index (χ0n) is 6.84. The molecule has 0 bridgehead atoms. The van der Waals surface area contributed by atoms with Crippen molar-refractivity contribution in [2.45, 2.75) is 11.0 Å². The zero-order valence-corrected chi connectivity index (χ0v) is 9.00. The Morgan fingerprint density at radius 2 is 2.20 bits per heavy atom. The van der Waals surface area contributed by atoms with Crippen LogP contribution in [-0.4, -0.2) is 20.9 Å². The monoisotopic (exact) mass is 252 g/mol.